The Kier molecular flexibility index (Phi) is 7.19. The van der Waals surface area contributed by atoms with Gasteiger partial charge in [-0.1, -0.05) is 30.2 Å². The van der Waals surface area contributed by atoms with Crippen LogP contribution >= 0.6 is 11.6 Å². The minimum absolute atomic E-state index is 0.255. The molecule has 178 valence electrons. The summed E-state index contributed by atoms with van der Waals surface area (Å²) < 4.78 is 46.5. The number of ether oxygens (including phenoxy) is 2. The van der Waals surface area contributed by atoms with E-state index < -0.39 is 11.8 Å². The van der Waals surface area contributed by atoms with Crippen molar-refractivity contribution in [1.82, 2.24) is 4.90 Å². The number of alkyl halides is 3. The van der Waals surface area contributed by atoms with Crippen LogP contribution in [0.4, 0.5) is 13.2 Å². The van der Waals surface area contributed by atoms with Gasteiger partial charge in [0.05, 0.1) is 18.6 Å². The highest BCUT2D eigenvalue weighted by molar-refractivity contribution is 6.30. The van der Waals surface area contributed by atoms with E-state index in [4.69, 9.17) is 16.3 Å². The Morgan fingerprint density at radius 3 is 2.30 bits per heavy atom. The first-order valence-electron chi connectivity index (χ1n) is 11.2. The van der Waals surface area contributed by atoms with E-state index in [1.807, 2.05) is 24.3 Å². The van der Waals surface area contributed by atoms with Crippen molar-refractivity contribution in [1.29, 1.82) is 0 Å². The molecule has 0 aromatic heterocycles. The van der Waals surface area contributed by atoms with Crippen molar-refractivity contribution in [2.45, 2.75) is 43.9 Å². The highest BCUT2D eigenvalue weighted by Crippen LogP contribution is 2.45. The zero-order valence-electron chi connectivity index (χ0n) is 18.2. The van der Waals surface area contributed by atoms with Crippen LogP contribution in [0.5, 0.6) is 11.5 Å². The van der Waals surface area contributed by atoms with Crippen molar-refractivity contribution in [2.24, 2.45) is 5.92 Å². The Balaban J connectivity index is 1.29. The van der Waals surface area contributed by atoms with E-state index in [-0.39, 0.29) is 17.5 Å². The number of halogens is 4. The highest BCUT2D eigenvalue weighted by atomic mass is 35.5. The summed E-state index contributed by atoms with van der Waals surface area (Å²) in [6, 6.07) is 13.1. The van der Waals surface area contributed by atoms with E-state index in [1.54, 1.807) is 0 Å². The number of likely N-dealkylation sites (tertiary alicyclic amines) is 1. The largest absolute Gasteiger partial charge is 0.573 e. The van der Waals surface area contributed by atoms with Crippen molar-refractivity contribution in [2.75, 3.05) is 26.2 Å². The topological polar surface area (TPSA) is 38.8 Å². The third-order valence-corrected chi connectivity index (χ3v) is 6.90. The number of benzene rings is 2. The molecular weight excluding hydrogens is 455 g/mol. The molecule has 4 rings (SSSR count). The summed E-state index contributed by atoms with van der Waals surface area (Å²) in [5.74, 6) is 0.736. The van der Waals surface area contributed by atoms with Crippen LogP contribution in [0, 0.1) is 5.92 Å². The lowest BCUT2D eigenvalue weighted by atomic mass is 9.62. The van der Waals surface area contributed by atoms with Gasteiger partial charge in [-0.3, -0.25) is 9.69 Å². The summed E-state index contributed by atoms with van der Waals surface area (Å²) in [6.45, 7) is 2.51. The Morgan fingerprint density at radius 2 is 1.70 bits per heavy atom. The fourth-order valence-electron chi connectivity index (χ4n) is 4.76. The first-order valence-corrected chi connectivity index (χ1v) is 11.6. The van der Waals surface area contributed by atoms with Crippen LogP contribution in [0.15, 0.2) is 48.5 Å². The number of hydrogen-bond acceptors (Lipinski definition) is 4. The second-order valence-electron chi connectivity index (χ2n) is 8.94. The molecule has 1 aliphatic carbocycles. The molecule has 1 saturated heterocycles. The molecule has 1 heterocycles. The molecule has 0 bridgehead atoms. The van der Waals surface area contributed by atoms with E-state index in [9.17, 15) is 18.0 Å². The zero-order valence-corrected chi connectivity index (χ0v) is 19.0. The maximum atomic E-state index is 13.3. The van der Waals surface area contributed by atoms with Crippen LogP contribution < -0.4 is 9.47 Å². The van der Waals surface area contributed by atoms with Gasteiger partial charge in [0.15, 0.2) is 5.78 Å². The van der Waals surface area contributed by atoms with Crippen LogP contribution in [-0.2, 0) is 10.2 Å². The van der Waals surface area contributed by atoms with Crippen LogP contribution in [0.2, 0.25) is 5.02 Å². The fraction of sp³-hybridized carbons (Fsp3) is 0.480. The van der Waals surface area contributed by atoms with Gasteiger partial charge in [-0.25, -0.2) is 0 Å². The molecule has 0 amide bonds. The second-order valence-corrected chi connectivity index (χ2v) is 9.38. The Hall–Kier alpha value is -2.25. The number of carbonyl (C=O) groups is 1. The molecular formula is C25H27ClF3NO3. The van der Waals surface area contributed by atoms with Crippen molar-refractivity contribution < 1.29 is 27.4 Å². The molecule has 2 fully saturated rings. The molecule has 4 nitrogen and oxygen atoms in total. The molecule has 1 aliphatic heterocycles. The number of rotatable bonds is 8. The third-order valence-electron chi connectivity index (χ3n) is 6.65. The van der Waals surface area contributed by atoms with Gasteiger partial charge >= 0.3 is 6.36 Å². The molecule has 2 aliphatic rings. The summed E-state index contributed by atoms with van der Waals surface area (Å²) in [4.78, 5) is 15.5. The van der Waals surface area contributed by atoms with Gasteiger partial charge in [0.2, 0.25) is 0 Å². The van der Waals surface area contributed by atoms with E-state index >= 15 is 0 Å². The predicted octanol–water partition coefficient (Wildman–Crippen LogP) is 6.02. The maximum Gasteiger partial charge on any atom is 0.573 e. The summed E-state index contributed by atoms with van der Waals surface area (Å²) >= 11 is 6.02. The Morgan fingerprint density at radius 1 is 1.03 bits per heavy atom. The van der Waals surface area contributed by atoms with Crippen LogP contribution in [0.3, 0.4) is 0 Å². The average molecular weight is 482 g/mol. The minimum Gasteiger partial charge on any atom is -0.493 e. The highest BCUT2D eigenvalue weighted by Gasteiger charge is 2.45. The fourth-order valence-corrected chi connectivity index (χ4v) is 4.89. The SMILES string of the molecule is O=C(CN1CCCC(COc2ccc(OC(F)(F)F)cc2)C1)C1(c2ccc(Cl)cc2)CCC1. The lowest BCUT2D eigenvalue weighted by Crippen LogP contribution is -2.49. The molecule has 2 aromatic carbocycles. The lowest BCUT2D eigenvalue weighted by molar-refractivity contribution is -0.274. The van der Waals surface area contributed by atoms with Crippen molar-refractivity contribution in [3.05, 3.63) is 59.1 Å². The number of piperidine rings is 1. The molecule has 2 aromatic rings. The minimum atomic E-state index is -4.71. The first kappa shape index (κ1) is 23.9. The quantitative estimate of drug-likeness (QED) is 0.462. The van der Waals surface area contributed by atoms with Gasteiger partial charge in [0.25, 0.3) is 0 Å². The maximum absolute atomic E-state index is 13.3. The first-order chi connectivity index (χ1) is 15.7. The van der Waals surface area contributed by atoms with E-state index in [0.717, 1.165) is 50.8 Å². The Bertz CT molecular complexity index is 943. The number of ketones is 1. The second kappa shape index (κ2) is 9.94. The van der Waals surface area contributed by atoms with E-state index in [0.29, 0.717) is 23.9 Å². The van der Waals surface area contributed by atoms with Crippen LogP contribution in [-0.4, -0.2) is 43.3 Å². The summed E-state index contributed by atoms with van der Waals surface area (Å²) in [5, 5.41) is 0.669. The smallest absolute Gasteiger partial charge is 0.493 e. The van der Waals surface area contributed by atoms with Gasteiger partial charge in [-0.2, -0.15) is 0 Å². The molecule has 8 heteroatoms. The molecule has 1 saturated carbocycles. The molecule has 0 radical (unpaired) electrons. The van der Waals surface area contributed by atoms with E-state index in [2.05, 4.69) is 9.64 Å². The molecule has 1 atom stereocenters. The number of nitrogens with zero attached hydrogens (tertiary/aromatic N) is 1. The van der Waals surface area contributed by atoms with Crippen molar-refractivity contribution in [3.8, 4) is 11.5 Å². The summed E-state index contributed by atoms with van der Waals surface area (Å²) in [5.41, 5.74) is 0.659. The number of Topliss-reactive ketones (excluding diaryl/α,β-unsaturated/α-hetero) is 1. The predicted molar refractivity (Wildman–Crippen MR) is 120 cm³/mol. The number of hydrogen-bond donors (Lipinski definition) is 0. The average Bonchev–Trinajstić information content (AvgIpc) is 2.73. The van der Waals surface area contributed by atoms with Gasteiger partial charge in [-0.05, 0) is 74.2 Å². The molecule has 1 unspecified atom stereocenters. The van der Waals surface area contributed by atoms with Gasteiger partial charge < -0.3 is 9.47 Å². The number of carbonyl (C=O) groups excluding carboxylic acids is 1. The third kappa shape index (κ3) is 6.01. The standard InChI is InChI=1S/C25H27ClF3NO3/c26-20-6-4-19(5-7-20)24(12-2-13-24)23(31)16-30-14-1-3-18(15-30)17-32-21-8-10-22(11-9-21)33-25(27,28)29/h4-11,18H,1-3,12-17H2. The van der Waals surface area contributed by atoms with Gasteiger partial charge in [0.1, 0.15) is 11.5 Å². The summed E-state index contributed by atoms with van der Waals surface area (Å²) in [7, 11) is 0. The van der Waals surface area contributed by atoms with E-state index in [1.165, 1.54) is 24.3 Å². The van der Waals surface area contributed by atoms with Crippen LogP contribution in [0.25, 0.3) is 0 Å². The van der Waals surface area contributed by atoms with Gasteiger partial charge in [-0.15, -0.1) is 13.2 Å². The molecule has 0 spiro atoms. The molecule has 33 heavy (non-hydrogen) atoms. The lowest BCUT2D eigenvalue weighted by Gasteiger charge is -2.43. The summed E-state index contributed by atoms with van der Waals surface area (Å²) in [6.07, 6.45) is 0.0638. The monoisotopic (exact) mass is 481 g/mol. The normalized spacial score (nSPS) is 20.7. The van der Waals surface area contributed by atoms with Crippen molar-refractivity contribution >= 4 is 17.4 Å². The Labute approximate surface area is 196 Å². The van der Waals surface area contributed by atoms with Crippen molar-refractivity contribution in [3.63, 3.8) is 0 Å². The molecule has 0 N–H and O–H groups in total. The van der Waals surface area contributed by atoms with Gasteiger partial charge in [0, 0.05) is 17.5 Å². The van der Waals surface area contributed by atoms with Crippen LogP contribution in [0.1, 0.15) is 37.7 Å². The zero-order chi connectivity index (χ0) is 23.5.